The Balaban J connectivity index is 3.02. The Kier molecular flexibility index (Phi) is 3.61. The summed E-state index contributed by atoms with van der Waals surface area (Å²) in [6.45, 7) is 4.72. The Morgan fingerprint density at radius 2 is 2.29 bits per heavy atom. The van der Waals surface area contributed by atoms with Gasteiger partial charge in [-0.15, -0.1) is 0 Å². The normalized spacial score (nSPS) is 9.21. The standard InChI is InChI=1S/C11H12N2S/c1-3-13(11(14)8-12)10-6-4-5-9(2)7-10/h4-7H,3H2,1-2H3. The van der Waals surface area contributed by atoms with Crippen molar-refractivity contribution in [3.05, 3.63) is 29.8 Å². The van der Waals surface area contributed by atoms with Gasteiger partial charge in [0.25, 0.3) is 0 Å². The fraction of sp³-hybridized carbons (Fsp3) is 0.273. The molecular formula is C11H12N2S. The van der Waals surface area contributed by atoms with Gasteiger partial charge in [-0.05, 0) is 43.8 Å². The zero-order chi connectivity index (χ0) is 10.6. The molecular weight excluding hydrogens is 192 g/mol. The lowest BCUT2D eigenvalue weighted by atomic mass is 10.2. The van der Waals surface area contributed by atoms with Crippen molar-refractivity contribution in [2.45, 2.75) is 13.8 Å². The van der Waals surface area contributed by atoms with Gasteiger partial charge in [0, 0.05) is 12.2 Å². The van der Waals surface area contributed by atoms with Crippen molar-refractivity contribution in [2.24, 2.45) is 0 Å². The van der Waals surface area contributed by atoms with E-state index in [4.69, 9.17) is 17.5 Å². The van der Waals surface area contributed by atoms with Crippen LogP contribution in [0.15, 0.2) is 24.3 Å². The van der Waals surface area contributed by atoms with Crippen LogP contribution < -0.4 is 4.90 Å². The number of benzene rings is 1. The van der Waals surface area contributed by atoms with Crippen LogP contribution in [0.1, 0.15) is 12.5 Å². The van der Waals surface area contributed by atoms with E-state index >= 15 is 0 Å². The number of nitriles is 1. The number of thiocarbonyl (C=S) groups is 1. The molecule has 0 aliphatic heterocycles. The molecule has 0 fully saturated rings. The smallest absolute Gasteiger partial charge is 0.185 e. The summed E-state index contributed by atoms with van der Waals surface area (Å²) < 4.78 is 0. The molecule has 0 unspecified atom stereocenters. The molecule has 2 nitrogen and oxygen atoms in total. The summed E-state index contributed by atoms with van der Waals surface area (Å²) in [7, 11) is 0. The van der Waals surface area contributed by atoms with Crippen molar-refractivity contribution in [3.8, 4) is 6.07 Å². The Hall–Kier alpha value is -1.40. The first-order valence-electron chi connectivity index (χ1n) is 4.47. The maximum absolute atomic E-state index is 8.73. The quantitative estimate of drug-likeness (QED) is 0.693. The lowest BCUT2D eigenvalue weighted by Gasteiger charge is -2.19. The molecule has 1 aromatic carbocycles. The maximum Gasteiger partial charge on any atom is 0.185 e. The second kappa shape index (κ2) is 4.73. The van der Waals surface area contributed by atoms with Gasteiger partial charge >= 0.3 is 0 Å². The summed E-state index contributed by atoms with van der Waals surface area (Å²) in [6.07, 6.45) is 0. The molecule has 1 rings (SSSR count). The van der Waals surface area contributed by atoms with Crippen LogP contribution >= 0.6 is 12.2 Å². The Bertz CT molecular complexity index is 379. The molecule has 0 radical (unpaired) electrons. The molecule has 0 aliphatic carbocycles. The zero-order valence-corrected chi connectivity index (χ0v) is 9.14. The number of anilines is 1. The Labute approximate surface area is 89.8 Å². The van der Waals surface area contributed by atoms with Crippen LogP contribution in [0, 0.1) is 18.3 Å². The molecule has 0 atom stereocenters. The van der Waals surface area contributed by atoms with Crippen LogP contribution in [0.25, 0.3) is 0 Å². The van der Waals surface area contributed by atoms with E-state index in [1.165, 1.54) is 5.56 Å². The summed E-state index contributed by atoms with van der Waals surface area (Å²) in [5, 5.41) is 8.73. The minimum Gasteiger partial charge on any atom is -0.324 e. The van der Waals surface area contributed by atoms with Crippen molar-refractivity contribution in [3.63, 3.8) is 0 Å². The third-order valence-electron chi connectivity index (χ3n) is 1.97. The van der Waals surface area contributed by atoms with E-state index in [2.05, 4.69) is 0 Å². The minimum atomic E-state index is 0.318. The second-order valence-corrected chi connectivity index (χ2v) is 3.39. The second-order valence-electron chi connectivity index (χ2n) is 3.00. The van der Waals surface area contributed by atoms with Crippen LogP contribution in [-0.4, -0.2) is 11.5 Å². The fourth-order valence-corrected chi connectivity index (χ4v) is 1.53. The fourth-order valence-electron chi connectivity index (χ4n) is 1.30. The lowest BCUT2D eigenvalue weighted by Crippen LogP contribution is -2.27. The van der Waals surface area contributed by atoms with Gasteiger partial charge in [-0.3, -0.25) is 0 Å². The van der Waals surface area contributed by atoms with Crippen molar-refractivity contribution in [1.82, 2.24) is 0 Å². The highest BCUT2D eigenvalue weighted by molar-refractivity contribution is 7.81. The highest BCUT2D eigenvalue weighted by atomic mass is 32.1. The summed E-state index contributed by atoms with van der Waals surface area (Å²) in [6, 6.07) is 9.96. The van der Waals surface area contributed by atoms with E-state index < -0.39 is 0 Å². The van der Waals surface area contributed by atoms with Crippen LogP contribution in [0.5, 0.6) is 0 Å². The topological polar surface area (TPSA) is 27.0 Å². The monoisotopic (exact) mass is 204 g/mol. The van der Waals surface area contributed by atoms with Gasteiger partial charge in [0.05, 0.1) is 0 Å². The van der Waals surface area contributed by atoms with E-state index in [1.54, 1.807) is 0 Å². The van der Waals surface area contributed by atoms with Crippen molar-refractivity contribution < 1.29 is 0 Å². The predicted molar refractivity (Wildman–Crippen MR) is 62.4 cm³/mol. The number of hydrogen-bond acceptors (Lipinski definition) is 2. The van der Waals surface area contributed by atoms with Crippen molar-refractivity contribution in [2.75, 3.05) is 11.4 Å². The SMILES string of the molecule is CCN(C(=S)C#N)c1cccc(C)c1. The summed E-state index contributed by atoms with van der Waals surface area (Å²) in [4.78, 5) is 2.14. The van der Waals surface area contributed by atoms with E-state index in [9.17, 15) is 0 Å². The molecule has 3 heteroatoms. The molecule has 0 aromatic heterocycles. The van der Waals surface area contributed by atoms with Gasteiger partial charge in [0.15, 0.2) is 4.99 Å². The van der Waals surface area contributed by atoms with Crippen LogP contribution in [0.4, 0.5) is 5.69 Å². The average molecular weight is 204 g/mol. The first kappa shape index (κ1) is 10.7. The van der Waals surface area contributed by atoms with Crippen LogP contribution in [0.3, 0.4) is 0 Å². The lowest BCUT2D eigenvalue weighted by molar-refractivity contribution is 1.07. The van der Waals surface area contributed by atoms with E-state index in [-0.39, 0.29) is 0 Å². The molecule has 0 bridgehead atoms. The Morgan fingerprint density at radius 3 is 2.79 bits per heavy atom. The van der Waals surface area contributed by atoms with Crippen molar-refractivity contribution in [1.29, 1.82) is 5.26 Å². The average Bonchev–Trinajstić information content (AvgIpc) is 2.19. The van der Waals surface area contributed by atoms with Gasteiger partial charge in [-0.1, -0.05) is 12.1 Å². The molecule has 0 aliphatic rings. The summed E-state index contributed by atoms with van der Waals surface area (Å²) in [5.41, 5.74) is 2.15. The zero-order valence-electron chi connectivity index (χ0n) is 8.32. The molecule has 0 N–H and O–H groups in total. The largest absolute Gasteiger partial charge is 0.324 e. The molecule has 0 heterocycles. The highest BCUT2D eigenvalue weighted by Crippen LogP contribution is 2.16. The minimum absolute atomic E-state index is 0.318. The maximum atomic E-state index is 8.73. The molecule has 0 saturated heterocycles. The van der Waals surface area contributed by atoms with E-state index in [0.29, 0.717) is 4.99 Å². The van der Waals surface area contributed by atoms with Crippen molar-refractivity contribution >= 4 is 22.9 Å². The van der Waals surface area contributed by atoms with E-state index in [1.807, 2.05) is 49.1 Å². The molecule has 14 heavy (non-hydrogen) atoms. The molecule has 0 spiro atoms. The number of rotatable bonds is 2. The predicted octanol–water partition coefficient (Wildman–Crippen LogP) is 2.67. The van der Waals surface area contributed by atoms with Crippen LogP contribution in [0.2, 0.25) is 0 Å². The van der Waals surface area contributed by atoms with Gasteiger partial charge < -0.3 is 4.90 Å². The third kappa shape index (κ3) is 2.30. The molecule has 72 valence electrons. The van der Waals surface area contributed by atoms with Crippen LogP contribution in [-0.2, 0) is 0 Å². The van der Waals surface area contributed by atoms with Gasteiger partial charge in [0.1, 0.15) is 6.07 Å². The molecule has 0 amide bonds. The molecule has 0 saturated carbocycles. The number of nitrogens with zero attached hydrogens (tertiary/aromatic N) is 2. The number of aryl methyl sites for hydroxylation is 1. The Morgan fingerprint density at radius 1 is 1.57 bits per heavy atom. The summed E-state index contributed by atoms with van der Waals surface area (Å²) >= 11 is 4.97. The van der Waals surface area contributed by atoms with Gasteiger partial charge in [-0.2, -0.15) is 5.26 Å². The highest BCUT2D eigenvalue weighted by Gasteiger charge is 2.08. The van der Waals surface area contributed by atoms with Gasteiger partial charge in [0.2, 0.25) is 0 Å². The number of hydrogen-bond donors (Lipinski definition) is 0. The first-order chi connectivity index (χ1) is 6.69. The van der Waals surface area contributed by atoms with E-state index in [0.717, 1.165) is 12.2 Å². The summed E-state index contributed by atoms with van der Waals surface area (Å²) in [5.74, 6) is 0. The molecule has 1 aromatic rings. The first-order valence-corrected chi connectivity index (χ1v) is 4.88. The van der Waals surface area contributed by atoms with Gasteiger partial charge in [-0.25, -0.2) is 0 Å². The third-order valence-corrected chi connectivity index (χ3v) is 2.28.